The van der Waals surface area contributed by atoms with Crippen molar-refractivity contribution in [2.45, 2.75) is 83.5 Å². The van der Waals surface area contributed by atoms with Gasteiger partial charge in [-0.25, -0.2) is 4.98 Å². The minimum Gasteiger partial charge on any atom is -0.353 e. The molecular weight excluding hydrogens is 390 g/mol. The van der Waals surface area contributed by atoms with Crippen molar-refractivity contribution in [3.8, 4) is 0 Å². The number of aryl methyl sites for hydroxylation is 1. The summed E-state index contributed by atoms with van der Waals surface area (Å²) in [5.41, 5.74) is 1.43. The first kappa shape index (κ1) is 21.8. The van der Waals surface area contributed by atoms with Gasteiger partial charge in [-0.3, -0.25) is 9.59 Å². The molecule has 3 heterocycles. The zero-order valence-electron chi connectivity index (χ0n) is 19.2. The number of fused-ring (bicyclic) bond motifs is 1. The average Bonchev–Trinajstić information content (AvgIpc) is 3.18. The molecule has 2 aliphatic rings. The molecule has 0 spiro atoms. The summed E-state index contributed by atoms with van der Waals surface area (Å²) in [6.45, 7) is 10.8. The van der Waals surface area contributed by atoms with Crippen LogP contribution >= 0.6 is 0 Å². The Morgan fingerprint density at radius 2 is 1.77 bits per heavy atom. The third kappa shape index (κ3) is 4.92. The third-order valence-electron chi connectivity index (χ3n) is 6.36. The maximum atomic E-state index is 13.3. The first-order valence-electron chi connectivity index (χ1n) is 11.5. The summed E-state index contributed by atoms with van der Waals surface area (Å²) >= 11 is 0. The maximum absolute atomic E-state index is 13.3. The van der Waals surface area contributed by atoms with E-state index in [0.29, 0.717) is 12.4 Å². The lowest BCUT2D eigenvalue weighted by Crippen LogP contribution is -2.62. The van der Waals surface area contributed by atoms with Crippen LogP contribution < -0.4 is 21.1 Å². The largest absolute Gasteiger partial charge is 0.353 e. The molecular formula is C24H35N5O2. The van der Waals surface area contributed by atoms with Gasteiger partial charge in [0.15, 0.2) is 5.82 Å². The van der Waals surface area contributed by atoms with Gasteiger partial charge in [-0.2, -0.15) is 0 Å². The highest BCUT2D eigenvalue weighted by Crippen LogP contribution is 2.28. The monoisotopic (exact) mass is 425 g/mol. The molecule has 2 aliphatic heterocycles. The number of rotatable bonds is 5. The lowest BCUT2D eigenvalue weighted by Gasteiger charge is -2.46. The number of aromatic nitrogens is 2. The van der Waals surface area contributed by atoms with Crippen LogP contribution in [0.2, 0.25) is 0 Å². The van der Waals surface area contributed by atoms with Gasteiger partial charge in [-0.1, -0.05) is 12.1 Å². The average molecular weight is 426 g/mol. The summed E-state index contributed by atoms with van der Waals surface area (Å²) in [4.78, 5) is 32.8. The van der Waals surface area contributed by atoms with Crippen LogP contribution in [0.25, 0.3) is 11.0 Å². The van der Waals surface area contributed by atoms with Gasteiger partial charge in [0.1, 0.15) is 0 Å². The Kier molecular flexibility index (Phi) is 5.81. The molecule has 0 atom stereocenters. The summed E-state index contributed by atoms with van der Waals surface area (Å²) in [5.74, 6) is 0.507. The normalized spacial score (nSPS) is 20.8. The number of carbonyl (C=O) groups excluding carboxylic acids is 1. The van der Waals surface area contributed by atoms with Gasteiger partial charge in [0.05, 0.1) is 11.0 Å². The summed E-state index contributed by atoms with van der Waals surface area (Å²) in [5, 5.41) is 6.86. The van der Waals surface area contributed by atoms with Crippen molar-refractivity contribution in [2.75, 3.05) is 18.0 Å². The van der Waals surface area contributed by atoms with E-state index in [1.54, 1.807) is 4.57 Å². The van der Waals surface area contributed by atoms with Crippen molar-refractivity contribution < 1.29 is 4.79 Å². The minimum absolute atomic E-state index is 0.00554. The fourth-order valence-electron chi connectivity index (χ4n) is 5.47. The molecule has 2 aromatic rings. The molecule has 1 amide bonds. The van der Waals surface area contributed by atoms with E-state index in [1.165, 1.54) is 0 Å². The predicted molar refractivity (Wildman–Crippen MR) is 125 cm³/mol. The fourth-order valence-corrected chi connectivity index (χ4v) is 5.47. The molecule has 1 aromatic carbocycles. The smallest absolute Gasteiger partial charge is 0.294 e. The Morgan fingerprint density at radius 3 is 2.45 bits per heavy atom. The molecule has 4 rings (SSSR count). The number of benzene rings is 1. The Labute approximate surface area is 184 Å². The highest BCUT2D eigenvalue weighted by atomic mass is 16.2. The van der Waals surface area contributed by atoms with E-state index >= 15 is 0 Å². The Bertz CT molecular complexity index is 1000. The van der Waals surface area contributed by atoms with Gasteiger partial charge < -0.3 is 20.1 Å². The van der Waals surface area contributed by atoms with Gasteiger partial charge >= 0.3 is 0 Å². The molecule has 2 saturated heterocycles. The molecule has 2 fully saturated rings. The summed E-state index contributed by atoms with van der Waals surface area (Å²) in [7, 11) is 0. The van der Waals surface area contributed by atoms with Crippen molar-refractivity contribution in [3.63, 3.8) is 0 Å². The molecule has 0 aliphatic carbocycles. The van der Waals surface area contributed by atoms with Crippen molar-refractivity contribution >= 4 is 22.8 Å². The van der Waals surface area contributed by atoms with Gasteiger partial charge in [0, 0.05) is 43.2 Å². The quantitative estimate of drug-likeness (QED) is 0.770. The van der Waals surface area contributed by atoms with Gasteiger partial charge in [0.2, 0.25) is 5.91 Å². The summed E-state index contributed by atoms with van der Waals surface area (Å²) < 4.78 is 1.73. The second-order valence-electron chi connectivity index (χ2n) is 10.4. The van der Waals surface area contributed by atoms with Crippen molar-refractivity contribution in [2.24, 2.45) is 0 Å². The van der Waals surface area contributed by atoms with Crippen LogP contribution in [0.5, 0.6) is 0 Å². The lowest BCUT2D eigenvalue weighted by atomic mass is 9.79. The SMILES string of the molecule is CC1(C)CC(NC(=O)CCn2c(=O)c(N3CCCC3)nc3ccccc32)CC(C)(C)N1. The standard InChI is InChI=1S/C24H35N5O2/c1-23(2)15-17(16-24(3,4)27-23)25-20(30)11-14-29-19-10-6-5-9-18(19)26-21(22(29)31)28-12-7-8-13-28/h5-6,9-10,17,27H,7-8,11-16H2,1-4H3,(H,25,30). The van der Waals surface area contributed by atoms with E-state index in [-0.39, 0.29) is 35.0 Å². The summed E-state index contributed by atoms with van der Waals surface area (Å²) in [6.07, 6.45) is 4.22. The number of piperidine rings is 1. The number of hydrogen-bond donors (Lipinski definition) is 2. The van der Waals surface area contributed by atoms with E-state index in [4.69, 9.17) is 0 Å². The molecule has 2 N–H and O–H groups in total. The van der Waals surface area contributed by atoms with Crippen molar-refractivity contribution in [3.05, 3.63) is 34.6 Å². The topological polar surface area (TPSA) is 79.3 Å². The maximum Gasteiger partial charge on any atom is 0.294 e. The molecule has 7 heteroatoms. The van der Waals surface area contributed by atoms with E-state index in [0.717, 1.165) is 49.8 Å². The van der Waals surface area contributed by atoms with Crippen LogP contribution in [0.4, 0.5) is 5.82 Å². The second-order valence-corrected chi connectivity index (χ2v) is 10.4. The number of amides is 1. The highest BCUT2D eigenvalue weighted by molar-refractivity contribution is 5.78. The van der Waals surface area contributed by atoms with E-state index in [1.807, 2.05) is 24.3 Å². The predicted octanol–water partition coefficient (Wildman–Crippen LogP) is 2.81. The van der Waals surface area contributed by atoms with Crippen LogP contribution in [0.1, 0.15) is 59.8 Å². The second kappa shape index (κ2) is 8.26. The van der Waals surface area contributed by atoms with Crippen LogP contribution in [-0.4, -0.2) is 45.7 Å². The number of carbonyl (C=O) groups is 1. The molecule has 7 nitrogen and oxygen atoms in total. The van der Waals surface area contributed by atoms with Crippen LogP contribution in [0.15, 0.2) is 29.1 Å². The molecule has 1 aromatic heterocycles. The van der Waals surface area contributed by atoms with Crippen molar-refractivity contribution in [1.82, 2.24) is 20.2 Å². The third-order valence-corrected chi connectivity index (χ3v) is 6.36. The molecule has 0 bridgehead atoms. The zero-order valence-corrected chi connectivity index (χ0v) is 19.2. The summed E-state index contributed by atoms with van der Waals surface area (Å²) in [6, 6.07) is 7.82. The molecule has 0 saturated carbocycles. The number of nitrogens with zero attached hydrogens (tertiary/aromatic N) is 3. The Morgan fingerprint density at radius 1 is 1.13 bits per heavy atom. The Hall–Kier alpha value is -2.41. The number of anilines is 1. The minimum atomic E-state index is -0.0995. The van der Waals surface area contributed by atoms with E-state index in [9.17, 15) is 9.59 Å². The number of hydrogen-bond acceptors (Lipinski definition) is 5. The first-order valence-corrected chi connectivity index (χ1v) is 11.5. The molecule has 168 valence electrons. The molecule has 0 unspecified atom stereocenters. The lowest BCUT2D eigenvalue weighted by molar-refractivity contribution is -0.122. The highest BCUT2D eigenvalue weighted by Gasteiger charge is 2.38. The van der Waals surface area contributed by atoms with Gasteiger partial charge in [-0.05, 0) is 65.5 Å². The molecule has 31 heavy (non-hydrogen) atoms. The first-order chi connectivity index (χ1) is 14.6. The van der Waals surface area contributed by atoms with Crippen molar-refractivity contribution in [1.29, 1.82) is 0 Å². The number of nitrogens with one attached hydrogen (secondary N) is 2. The fraction of sp³-hybridized carbons (Fsp3) is 0.625. The van der Waals surface area contributed by atoms with E-state index in [2.05, 4.69) is 48.2 Å². The zero-order chi connectivity index (χ0) is 22.2. The van der Waals surface area contributed by atoms with Crippen LogP contribution in [0, 0.1) is 0 Å². The van der Waals surface area contributed by atoms with Gasteiger partial charge in [-0.15, -0.1) is 0 Å². The van der Waals surface area contributed by atoms with Crippen LogP contribution in [-0.2, 0) is 11.3 Å². The number of para-hydroxylation sites is 2. The van der Waals surface area contributed by atoms with Crippen LogP contribution in [0.3, 0.4) is 0 Å². The van der Waals surface area contributed by atoms with E-state index < -0.39 is 0 Å². The van der Waals surface area contributed by atoms with Gasteiger partial charge in [0.25, 0.3) is 5.56 Å². The Balaban J connectivity index is 1.51. The molecule has 0 radical (unpaired) electrons.